The molecule has 0 radical (unpaired) electrons. The first kappa shape index (κ1) is 23.5. The minimum Gasteiger partial charge on any atom is -0.478 e. The molecule has 3 aromatic rings. The first-order chi connectivity index (χ1) is 15.0. The van der Waals surface area contributed by atoms with Gasteiger partial charge in [-0.3, -0.25) is 0 Å². The number of carboxylic acid groups (broad SMARTS) is 1. The quantitative estimate of drug-likeness (QED) is 0.136. The van der Waals surface area contributed by atoms with Crippen molar-refractivity contribution in [1.29, 1.82) is 0 Å². The van der Waals surface area contributed by atoms with Crippen LogP contribution in [0.5, 0.6) is 0 Å². The second kappa shape index (κ2) is 12.0. The molecular weight excluding hydrogens is 394 g/mol. The van der Waals surface area contributed by atoms with Crippen LogP contribution in [0.25, 0.3) is 21.5 Å². The molecule has 6 heteroatoms. The fourth-order valence-electron chi connectivity index (χ4n) is 2.91. The third-order valence-corrected chi connectivity index (χ3v) is 4.49. The fraction of sp³-hybridized carbons (Fsp3) is 0.160. The fourth-order valence-corrected chi connectivity index (χ4v) is 2.91. The van der Waals surface area contributed by atoms with E-state index in [1.54, 1.807) is 6.21 Å². The lowest BCUT2D eigenvalue weighted by Crippen LogP contribution is -1.98. The monoisotopic (exact) mass is 419 g/mol. The maximum atomic E-state index is 11.1. The number of rotatable bonds is 8. The van der Waals surface area contributed by atoms with Crippen molar-refractivity contribution in [3.8, 4) is 0 Å². The molecule has 0 saturated heterocycles. The molecule has 0 saturated carbocycles. The van der Waals surface area contributed by atoms with E-state index in [0.717, 1.165) is 33.2 Å². The average molecular weight is 419 g/mol. The highest BCUT2D eigenvalue weighted by molar-refractivity contribution is 6.13. The number of carbonyl (C=O) groups is 2. The summed E-state index contributed by atoms with van der Waals surface area (Å²) in [5.41, 5.74) is 1.15. The highest BCUT2D eigenvalue weighted by Crippen LogP contribution is 2.27. The van der Waals surface area contributed by atoms with Crippen LogP contribution in [-0.2, 0) is 14.4 Å². The van der Waals surface area contributed by atoms with E-state index >= 15 is 0 Å². The molecule has 0 unspecified atom stereocenters. The largest absolute Gasteiger partial charge is 0.478 e. The molecule has 0 aliphatic carbocycles. The van der Waals surface area contributed by atoms with Gasteiger partial charge < -0.3 is 15.1 Å². The Hall–Kier alpha value is -3.77. The number of fused-ring (bicyclic) bond motifs is 2. The average Bonchev–Trinajstić information content (AvgIpc) is 2.78. The van der Waals surface area contributed by atoms with Crippen molar-refractivity contribution in [3.63, 3.8) is 0 Å². The second-order valence-corrected chi connectivity index (χ2v) is 6.67. The molecule has 160 valence electrons. The van der Waals surface area contributed by atoms with Crippen LogP contribution in [0, 0.1) is 0 Å². The SMILES string of the molecule is C=C(CCCCO)C(=O)O.C=CC(=O)ON=Cc1c2ccccc2cc2ccccc12. The van der Waals surface area contributed by atoms with Gasteiger partial charge in [-0.2, -0.15) is 0 Å². The Balaban J connectivity index is 0.000000291. The topological polar surface area (TPSA) is 96.2 Å². The van der Waals surface area contributed by atoms with E-state index in [1.807, 2.05) is 36.4 Å². The number of oxime groups is 1. The first-order valence-corrected chi connectivity index (χ1v) is 9.77. The van der Waals surface area contributed by atoms with Gasteiger partial charge in [0.2, 0.25) is 0 Å². The molecular formula is C25H25NO5. The number of carbonyl (C=O) groups excluding carboxylic acids is 1. The summed E-state index contributed by atoms with van der Waals surface area (Å²) in [7, 11) is 0. The molecule has 0 aliphatic rings. The number of aliphatic hydroxyl groups excluding tert-OH is 1. The van der Waals surface area contributed by atoms with E-state index in [9.17, 15) is 9.59 Å². The Morgan fingerprint density at radius 2 is 1.58 bits per heavy atom. The van der Waals surface area contributed by atoms with E-state index in [4.69, 9.17) is 15.1 Å². The summed E-state index contributed by atoms with van der Waals surface area (Å²) in [5, 5.41) is 24.8. The molecule has 6 nitrogen and oxygen atoms in total. The number of nitrogens with zero attached hydrogens (tertiary/aromatic N) is 1. The van der Waals surface area contributed by atoms with Gasteiger partial charge in [0.15, 0.2) is 0 Å². The first-order valence-electron chi connectivity index (χ1n) is 9.77. The molecule has 0 fully saturated rings. The predicted octanol–water partition coefficient (Wildman–Crippen LogP) is 4.85. The van der Waals surface area contributed by atoms with Gasteiger partial charge in [0.05, 0.1) is 6.21 Å². The zero-order valence-corrected chi connectivity index (χ0v) is 17.2. The molecule has 3 aromatic carbocycles. The van der Waals surface area contributed by atoms with E-state index < -0.39 is 11.9 Å². The van der Waals surface area contributed by atoms with Crippen molar-refractivity contribution in [1.82, 2.24) is 0 Å². The van der Waals surface area contributed by atoms with Gasteiger partial charge in [-0.15, -0.1) is 0 Å². The molecule has 3 rings (SSSR count). The molecule has 0 amide bonds. The minimum absolute atomic E-state index is 0.118. The van der Waals surface area contributed by atoms with Gasteiger partial charge in [-0.25, -0.2) is 9.59 Å². The Kier molecular flexibility index (Phi) is 9.13. The number of hydrogen-bond donors (Lipinski definition) is 2. The van der Waals surface area contributed by atoms with Crippen LogP contribution in [0.1, 0.15) is 24.8 Å². The lowest BCUT2D eigenvalue weighted by atomic mass is 9.97. The maximum Gasteiger partial charge on any atom is 0.357 e. The van der Waals surface area contributed by atoms with Crippen LogP contribution in [0.3, 0.4) is 0 Å². The predicted molar refractivity (Wildman–Crippen MR) is 123 cm³/mol. The van der Waals surface area contributed by atoms with Crippen LogP contribution >= 0.6 is 0 Å². The summed E-state index contributed by atoms with van der Waals surface area (Å²) < 4.78 is 0. The summed E-state index contributed by atoms with van der Waals surface area (Å²) in [6.45, 7) is 6.80. The van der Waals surface area contributed by atoms with E-state index in [-0.39, 0.29) is 12.2 Å². The zero-order valence-electron chi connectivity index (χ0n) is 17.2. The Morgan fingerprint density at radius 1 is 1.00 bits per heavy atom. The van der Waals surface area contributed by atoms with E-state index in [0.29, 0.717) is 19.3 Å². The van der Waals surface area contributed by atoms with Gasteiger partial charge in [0, 0.05) is 23.8 Å². The van der Waals surface area contributed by atoms with Crippen LogP contribution in [0.4, 0.5) is 0 Å². The van der Waals surface area contributed by atoms with Gasteiger partial charge >= 0.3 is 11.9 Å². The highest BCUT2D eigenvalue weighted by Gasteiger charge is 2.05. The molecule has 0 atom stereocenters. The van der Waals surface area contributed by atoms with Gasteiger partial charge in [-0.1, -0.05) is 66.8 Å². The Labute approximate surface area is 180 Å². The smallest absolute Gasteiger partial charge is 0.357 e. The number of aliphatic carboxylic acids is 1. The van der Waals surface area contributed by atoms with Gasteiger partial charge in [0.1, 0.15) is 0 Å². The second-order valence-electron chi connectivity index (χ2n) is 6.67. The van der Waals surface area contributed by atoms with E-state index in [1.165, 1.54) is 0 Å². The number of aliphatic hydroxyl groups is 1. The summed E-state index contributed by atoms with van der Waals surface area (Å²) in [4.78, 5) is 25.9. The molecule has 2 N–H and O–H groups in total. The standard InChI is InChI=1S/C18H13NO2.C7H12O3/c1-2-18(20)21-19-12-17-15-9-5-3-7-13(15)11-14-8-4-6-10-16(14)17;1-6(7(9)10)4-2-3-5-8/h2-12H,1H2;8H,1-5H2,(H,9,10). The molecule has 0 spiro atoms. The summed E-state index contributed by atoms with van der Waals surface area (Å²) >= 11 is 0. The van der Waals surface area contributed by atoms with E-state index in [2.05, 4.69) is 36.5 Å². The third-order valence-electron chi connectivity index (χ3n) is 4.49. The molecule has 0 aliphatic heterocycles. The molecule has 31 heavy (non-hydrogen) atoms. The van der Waals surface area contributed by atoms with Crippen molar-refractivity contribution in [3.05, 3.63) is 85.0 Å². The molecule has 0 aromatic heterocycles. The summed E-state index contributed by atoms with van der Waals surface area (Å²) in [6, 6.07) is 18.2. The number of hydrogen-bond acceptors (Lipinski definition) is 5. The van der Waals surface area contributed by atoms with Crippen molar-refractivity contribution in [2.75, 3.05) is 6.61 Å². The van der Waals surface area contributed by atoms with Crippen molar-refractivity contribution in [2.45, 2.75) is 19.3 Å². The maximum absolute atomic E-state index is 11.1. The van der Waals surface area contributed by atoms with Crippen LogP contribution in [0.15, 0.2) is 84.6 Å². The zero-order chi connectivity index (χ0) is 22.6. The van der Waals surface area contributed by atoms with Crippen LogP contribution < -0.4 is 0 Å². The normalized spacial score (nSPS) is 10.5. The van der Waals surface area contributed by atoms with Gasteiger partial charge in [-0.05, 0) is 46.9 Å². The number of benzene rings is 3. The number of carboxylic acids is 1. The summed E-state index contributed by atoms with van der Waals surface area (Å²) in [5.74, 6) is -1.52. The van der Waals surface area contributed by atoms with Crippen molar-refractivity contribution < 1.29 is 24.6 Å². The Morgan fingerprint density at radius 3 is 2.10 bits per heavy atom. The van der Waals surface area contributed by atoms with Crippen molar-refractivity contribution >= 4 is 39.7 Å². The highest BCUT2D eigenvalue weighted by atomic mass is 16.7. The van der Waals surface area contributed by atoms with Crippen molar-refractivity contribution in [2.24, 2.45) is 5.16 Å². The third kappa shape index (κ3) is 6.90. The lowest BCUT2D eigenvalue weighted by molar-refractivity contribution is -0.137. The minimum atomic E-state index is -0.946. The lowest BCUT2D eigenvalue weighted by Gasteiger charge is -2.07. The number of unbranched alkanes of at least 4 members (excludes halogenated alkanes) is 1. The summed E-state index contributed by atoms with van der Waals surface area (Å²) in [6.07, 6.45) is 4.47. The Bertz CT molecular complexity index is 1060. The van der Waals surface area contributed by atoms with Gasteiger partial charge in [0.25, 0.3) is 0 Å². The van der Waals surface area contributed by atoms with Crippen LogP contribution in [0.2, 0.25) is 0 Å². The molecule has 0 bridgehead atoms. The van der Waals surface area contributed by atoms with Crippen LogP contribution in [-0.4, -0.2) is 35.0 Å². The molecule has 0 heterocycles.